The van der Waals surface area contributed by atoms with Gasteiger partial charge >= 0.3 is 6.03 Å². The normalized spacial score (nSPS) is 10.4. The fourth-order valence-corrected chi connectivity index (χ4v) is 2.99. The van der Waals surface area contributed by atoms with E-state index in [0.29, 0.717) is 44.4 Å². The average Bonchev–Trinajstić information content (AvgIpc) is 2.69. The maximum atomic E-state index is 11.5. The van der Waals surface area contributed by atoms with Gasteiger partial charge < -0.3 is 25.8 Å². The number of methoxy groups -OCH3 is 1. The number of primary amides is 1. The topological polar surface area (TPSA) is 116 Å². The molecule has 0 aliphatic rings. The molecule has 9 heteroatoms. The first-order chi connectivity index (χ1) is 13.9. The Morgan fingerprint density at radius 2 is 1.97 bits per heavy atom. The first-order valence-corrected chi connectivity index (χ1v) is 8.99. The number of nitrogens with one attached hydrogen (secondary N) is 2. The molecule has 0 fully saturated rings. The second-order valence-electron chi connectivity index (χ2n) is 6.08. The zero-order valence-corrected chi connectivity index (χ0v) is 16.5. The maximum absolute atomic E-state index is 11.5. The Kier molecular flexibility index (Phi) is 6.04. The Bertz CT molecular complexity index is 1090. The number of nitrogens with zero attached hydrogens (tertiary/aromatic N) is 1. The van der Waals surface area contributed by atoms with Gasteiger partial charge in [-0.25, -0.2) is 4.79 Å². The molecule has 0 aliphatic carbocycles. The summed E-state index contributed by atoms with van der Waals surface area (Å²) in [5, 5.41) is 6.08. The van der Waals surface area contributed by atoms with Gasteiger partial charge in [-0.2, -0.15) is 0 Å². The zero-order valence-electron chi connectivity index (χ0n) is 15.8. The van der Waals surface area contributed by atoms with E-state index in [0.717, 1.165) is 0 Å². The Labute approximate surface area is 172 Å². The second kappa shape index (κ2) is 8.66. The number of amides is 3. The largest absolute Gasteiger partial charge is 0.496 e. The van der Waals surface area contributed by atoms with Gasteiger partial charge in [0.05, 0.1) is 29.8 Å². The van der Waals surface area contributed by atoms with E-state index >= 15 is 0 Å². The van der Waals surface area contributed by atoms with Gasteiger partial charge in [0, 0.05) is 36.3 Å². The fraction of sp³-hybridized carbons (Fsp3) is 0.150. The van der Waals surface area contributed by atoms with E-state index in [4.69, 9.17) is 26.8 Å². The molecule has 0 atom stereocenters. The molecule has 0 radical (unpaired) electrons. The number of benzene rings is 2. The van der Waals surface area contributed by atoms with Crippen LogP contribution in [0.5, 0.6) is 17.2 Å². The van der Waals surface area contributed by atoms with Gasteiger partial charge in [0.2, 0.25) is 5.91 Å². The fourth-order valence-electron chi connectivity index (χ4n) is 2.77. The highest BCUT2D eigenvalue weighted by molar-refractivity contribution is 6.33. The van der Waals surface area contributed by atoms with E-state index in [1.807, 2.05) is 0 Å². The molecule has 0 aliphatic heterocycles. The minimum Gasteiger partial charge on any atom is -0.496 e. The highest BCUT2D eigenvalue weighted by atomic mass is 35.5. The predicted octanol–water partition coefficient (Wildman–Crippen LogP) is 3.47. The van der Waals surface area contributed by atoms with E-state index in [1.54, 1.807) is 42.6 Å². The molecule has 3 rings (SSSR count). The number of halogens is 1. The van der Waals surface area contributed by atoms with Gasteiger partial charge in [0.25, 0.3) is 0 Å². The van der Waals surface area contributed by atoms with Gasteiger partial charge in [-0.05, 0) is 24.3 Å². The van der Waals surface area contributed by atoms with Crippen LogP contribution in [-0.2, 0) is 11.2 Å². The lowest BCUT2D eigenvalue weighted by Crippen LogP contribution is -2.24. The lowest BCUT2D eigenvalue weighted by molar-refractivity contribution is -0.117. The standard InChI is InChI=1S/C20H19ClN4O4/c1-23-20(27)25-15-4-3-12(9-14(15)21)29-17-5-6-24-16-10-18(28-2)11(7-13(16)17)8-19(22)26/h3-7,9-10H,8H2,1-2H3,(H2,22,26)(H2,23,25,27). The summed E-state index contributed by atoms with van der Waals surface area (Å²) in [6, 6.07) is 9.72. The molecule has 0 spiro atoms. The molecule has 0 unspecified atom stereocenters. The van der Waals surface area contributed by atoms with Crippen molar-refractivity contribution < 1.29 is 19.1 Å². The average molecular weight is 415 g/mol. The SMILES string of the molecule is CNC(=O)Nc1ccc(Oc2ccnc3cc(OC)c(CC(N)=O)cc23)cc1Cl. The first-order valence-electron chi connectivity index (χ1n) is 8.61. The number of carbonyl (C=O) groups is 2. The minimum atomic E-state index is -0.472. The van der Waals surface area contributed by atoms with Crippen LogP contribution >= 0.6 is 11.6 Å². The van der Waals surface area contributed by atoms with E-state index in [2.05, 4.69) is 15.6 Å². The van der Waals surface area contributed by atoms with Crippen LogP contribution in [0.1, 0.15) is 5.56 Å². The Morgan fingerprint density at radius 1 is 1.17 bits per heavy atom. The minimum absolute atomic E-state index is 0.0269. The summed E-state index contributed by atoms with van der Waals surface area (Å²) in [5.74, 6) is 1.04. The molecule has 29 heavy (non-hydrogen) atoms. The van der Waals surface area contributed by atoms with Crippen molar-refractivity contribution in [2.45, 2.75) is 6.42 Å². The summed E-state index contributed by atoms with van der Waals surface area (Å²) in [6.45, 7) is 0. The number of carbonyl (C=O) groups excluding carboxylic acids is 2. The summed E-state index contributed by atoms with van der Waals surface area (Å²) in [4.78, 5) is 27.2. The number of urea groups is 1. The van der Waals surface area contributed by atoms with E-state index in [1.165, 1.54) is 14.2 Å². The summed E-state index contributed by atoms with van der Waals surface area (Å²) < 4.78 is 11.3. The molecule has 0 bridgehead atoms. The Morgan fingerprint density at radius 3 is 2.62 bits per heavy atom. The van der Waals surface area contributed by atoms with Crippen LogP contribution in [0.25, 0.3) is 10.9 Å². The molecule has 4 N–H and O–H groups in total. The van der Waals surface area contributed by atoms with Gasteiger partial charge in [-0.3, -0.25) is 9.78 Å². The lowest BCUT2D eigenvalue weighted by Gasteiger charge is -2.13. The van der Waals surface area contributed by atoms with Crippen molar-refractivity contribution >= 4 is 40.1 Å². The molecular formula is C20H19ClN4O4. The number of ether oxygens (including phenoxy) is 2. The molecule has 8 nitrogen and oxygen atoms in total. The summed E-state index contributed by atoms with van der Waals surface area (Å²) in [5.41, 5.74) is 7.06. The van der Waals surface area contributed by atoms with Gasteiger partial charge in [0.1, 0.15) is 17.2 Å². The van der Waals surface area contributed by atoms with Crippen LogP contribution in [-0.4, -0.2) is 31.1 Å². The Hall–Kier alpha value is -3.52. The van der Waals surface area contributed by atoms with Crippen LogP contribution in [0.3, 0.4) is 0 Å². The smallest absolute Gasteiger partial charge is 0.319 e. The van der Waals surface area contributed by atoms with Crippen LogP contribution in [0.4, 0.5) is 10.5 Å². The molecule has 0 saturated heterocycles. The van der Waals surface area contributed by atoms with Crippen LogP contribution in [0.2, 0.25) is 5.02 Å². The van der Waals surface area contributed by atoms with Crippen molar-refractivity contribution in [3.63, 3.8) is 0 Å². The molecule has 3 aromatic rings. The maximum Gasteiger partial charge on any atom is 0.319 e. The zero-order chi connectivity index (χ0) is 21.0. The molecule has 2 aromatic carbocycles. The van der Waals surface area contributed by atoms with Crippen molar-refractivity contribution in [3.8, 4) is 17.2 Å². The number of aromatic nitrogens is 1. The van der Waals surface area contributed by atoms with E-state index < -0.39 is 5.91 Å². The van der Waals surface area contributed by atoms with Gasteiger partial charge in [0.15, 0.2) is 0 Å². The van der Waals surface area contributed by atoms with Crippen molar-refractivity contribution in [2.24, 2.45) is 5.73 Å². The van der Waals surface area contributed by atoms with Gasteiger partial charge in [-0.15, -0.1) is 0 Å². The monoisotopic (exact) mass is 414 g/mol. The van der Waals surface area contributed by atoms with E-state index in [-0.39, 0.29) is 12.5 Å². The molecular weight excluding hydrogens is 396 g/mol. The lowest BCUT2D eigenvalue weighted by atomic mass is 10.1. The van der Waals surface area contributed by atoms with Crippen molar-refractivity contribution in [2.75, 3.05) is 19.5 Å². The third kappa shape index (κ3) is 4.67. The summed E-state index contributed by atoms with van der Waals surface area (Å²) in [7, 11) is 3.03. The highest BCUT2D eigenvalue weighted by Gasteiger charge is 2.13. The quantitative estimate of drug-likeness (QED) is 0.571. The molecule has 0 saturated carbocycles. The van der Waals surface area contributed by atoms with Crippen LogP contribution in [0.15, 0.2) is 42.6 Å². The number of fused-ring (bicyclic) bond motifs is 1. The number of hydrogen-bond donors (Lipinski definition) is 3. The molecule has 150 valence electrons. The summed E-state index contributed by atoms with van der Waals surface area (Å²) in [6.07, 6.45) is 1.63. The van der Waals surface area contributed by atoms with E-state index in [9.17, 15) is 9.59 Å². The molecule has 1 aromatic heterocycles. The van der Waals surface area contributed by atoms with Gasteiger partial charge in [-0.1, -0.05) is 11.6 Å². The van der Waals surface area contributed by atoms with Crippen molar-refractivity contribution in [1.29, 1.82) is 0 Å². The van der Waals surface area contributed by atoms with Crippen LogP contribution < -0.4 is 25.8 Å². The highest BCUT2D eigenvalue weighted by Crippen LogP contribution is 2.35. The molecule has 1 heterocycles. The number of hydrogen-bond acceptors (Lipinski definition) is 5. The molecule has 3 amide bonds. The Balaban J connectivity index is 1.96. The summed E-state index contributed by atoms with van der Waals surface area (Å²) >= 11 is 6.23. The third-order valence-electron chi connectivity index (χ3n) is 4.11. The number of rotatable bonds is 6. The number of anilines is 1. The predicted molar refractivity (Wildman–Crippen MR) is 111 cm³/mol. The first kappa shape index (κ1) is 20.2. The van der Waals surface area contributed by atoms with Crippen LogP contribution in [0, 0.1) is 0 Å². The number of nitrogens with two attached hydrogens (primary N) is 1. The van der Waals surface area contributed by atoms with Crippen molar-refractivity contribution in [1.82, 2.24) is 10.3 Å². The third-order valence-corrected chi connectivity index (χ3v) is 4.42. The number of pyridine rings is 1. The van der Waals surface area contributed by atoms with Crippen molar-refractivity contribution in [3.05, 3.63) is 53.2 Å². The second-order valence-corrected chi connectivity index (χ2v) is 6.49.